The van der Waals surface area contributed by atoms with E-state index < -0.39 is 29.2 Å². The SMILES string of the molecule is C#CCOC(=O)N(CC#C)Cc1cc(NC(=O)C(CCCNC(N)=O)NC)ccc1COC(=O)Oc1ccc([N+](=O)[O-])cc1. The number of ether oxygens (including phenoxy) is 3. The molecule has 0 bridgehead atoms. The number of nitrogens with zero attached hydrogens (tertiary/aromatic N) is 2. The first-order chi connectivity index (χ1) is 21.1. The van der Waals surface area contributed by atoms with Gasteiger partial charge in [0.1, 0.15) is 12.4 Å². The van der Waals surface area contributed by atoms with Crippen LogP contribution in [-0.4, -0.2) is 66.8 Å². The van der Waals surface area contributed by atoms with Gasteiger partial charge in [0.15, 0.2) is 6.61 Å². The van der Waals surface area contributed by atoms with E-state index in [1.807, 2.05) is 0 Å². The molecule has 0 radical (unpaired) electrons. The Kier molecular flexibility index (Phi) is 14.0. The van der Waals surface area contributed by atoms with Gasteiger partial charge in [-0.3, -0.25) is 19.8 Å². The van der Waals surface area contributed by atoms with Crippen LogP contribution in [0, 0.1) is 34.8 Å². The molecule has 0 heterocycles. The fraction of sp³-hybridized carbons (Fsp3) is 0.310. The molecule has 44 heavy (non-hydrogen) atoms. The molecule has 0 spiro atoms. The van der Waals surface area contributed by atoms with E-state index in [2.05, 4.69) is 27.8 Å². The maximum Gasteiger partial charge on any atom is 0.514 e. The molecular weight excluding hydrogens is 576 g/mol. The summed E-state index contributed by atoms with van der Waals surface area (Å²) in [6, 6.07) is 8.31. The third kappa shape index (κ3) is 11.6. The van der Waals surface area contributed by atoms with Crippen molar-refractivity contribution in [3.63, 3.8) is 0 Å². The Labute approximate surface area is 253 Å². The first-order valence-corrected chi connectivity index (χ1v) is 13.1. The first kappa shape index (κ1) is 34.4. The van der Waals surface area contributed by atoms with Gasteiger partial charge in [0.2, 0.25) is 5.91 Å². The summed E-state index contributed by atoms with van der Waals surface area (Å²) in [6.45, 7) is -0.510. The zero-order chi connectivity index (χ0) is 32.5. The van der Waals surface area contributed by atoms with E-state index in [0.717, 1.165) is 0 Å². The molecule has 15 heteroatoms. The lowest BCUT2D eigenvalue weighted by Crippen LogP contribution is -2.39. The quantitative estimate of drug-likeness (QED) is 0.0580. The number of terminal acetylenes is 2. The van der Waals surface area contributed by atoms with Gasteiger partial charge in [-0.25, -0.2) is 14.4 Å². The highest BCUT2D eigenvalue weighted by atomic mass is 16.7. The molecule has 2 aromatic rings. The van der Waals surface area contributed by atoms with Crippen LogP contribution in [-0.2, 0) is 27.4 Å². The van der Waals surface area contributed by atoms with Crippen LogP contribution in [0.3, 0.4) is 0 Å². The Morgan fingerprint density at radius 1 is 1.07 bits per heavy atom. The molecule has 4 amide bonds. The van der Waals surface area contributed by atoms with Crippen LogP contribution < -0.4 is 26.4 Å². The molecule has 15 nitrogen and oxygen atoms in total. The fourth-order valence-electron chi connectivity index (χ4n) is 3.74. The monoisotopic (exact) mass is 608 g/mol. The highest BCUT2D eigenvalue weighted by Crippen LogP contribution is 2.22. The van der Waals surface area contributed by atoms with Crippen LogP contribution >= 0.6 is 0 Å². The molecule has 0 saturated carbocycles. The average molecular weight is 609 g/mol. The number of urea groups is 1. The molecule has 5 N–H and O–H groups in total. The molecule has 0 aliphatic rings. The number of rotatable bonds is 15. The Hall–Kier alpha value is -5.80. The van der Waals surface area contributed by atoms with Crippen molar-refractivity contribution in [2.75, 3.05) is 32.1 Å². The maximum absolute atomic E-state index is 12.9. The highest BCUT2D eigenvalue weighted by molar-refractivity contribution is 5.95. The predicted octanol–water partition coefficient (Wildman–Crippen LogP) is 2.49. The number of anilines is 1. The fourth-order valence-corrected chi connectivity index (χ4v) is 3.74. The first-order valence-electron chi connectivity index (χ1n) is 13.1. The summed E-state index contributed by atoms with van der Waals surface area (Å²) >= 11 is 0. The zero-order valence-electron chi connectivity index (χ0n) is 23.9. The van der Waals surface area contributed by atoms with E-state index in [1.54, 1.807) is 25.2 Å². The summed E-state index contributed by atoms with van der Waals surface area (Å²) in [6.07, 6.45) is 9.64. The number of carbonyl (C=O) groups is 4. The van der Waals surface area contributed by atoms with Gasteiger partial charge in [0.25, 0.3) is 5.69 Å². The van der Waals surface area contributed by atoms with Gasteiger partial charge >= 0.3 is 18.3 Å². The molecule has 0 aliphatic heterocycles. The van der Waals surface area contributed by atoms with Gasteiger partial charge in [-0.05, 0) is 55.3 Å². The Bertz CT molecular complexity index is 1420. The molecule has 1 atom stereocenters. The lowest BCUT2D eigenvalue weighted by atomic mass is 10.1. The minimum atomic E-state index is -1.08. The van der Waals surface area contributed by atoms with E-state index >= 15 is 0 Å². The number of carbonyl (C=O) groups excluding carboxylic acids is 4. The van der Waals surface area contributed by atoms with Crippen molar-refractivity contribution in [2.45, 2.75) is 32.0 Å². The second kappa shape index (κ2) is 17.9. The van der Waals surface area contributed by atoms with Crippen molar-refractivity contribution in [1.82, 2.24) is 15.5 Å². The van der Waals surface area contributed by atoms with E-state index in [9.17, 15) is 29.3 Å². The van der Waals surface area contributed by atoms with Crippen LogP contribution in [0.5, 0.6) is 5.75 Å². The molecule has 0 saturated heterocycles. The van der Waals surface area contributed by atoms with Crippen molar-refractivity contribution in [1.29, 1.82) is 0 Å². The summed E-state index contributed by atoms with van der Waals surface area (Å²) in [5.74, 6) is 4.23. The van der Waals surface area contributed by atoms with E-state index in [4.69, 9.17) is 32.8 Å². The molecular formula is C29H32N6O9. The molecule has 1 unspecified atom stereocenters. The summed E-state index contributed by atoms with van der Waals surface area (Å²) in [5, 5.41) is 19.0. The molecule has 0 aliphatic carbocycles. The standard InChI is InChI=1S/C29H32N6O9/c1-4-15-34(28(38)42-16-5-2)18-21-17-22(33-26(36)25(31-3)7-6-14-32-27(30)37)9-8-20(21)19-43-29(39)44-24-12-10-23(11-13-24)35(40)41/h1-2,8-13,17,25,31H,6-7,14-16,18-19H2,3H3,(H,33,36)(H3,30,32,37). The second-order valence-corrected chi connectivity index (χ2v) is 8.96. The van der Waals surface area contributed by atoms with Gasteiger partial charge in [0, 0.05) is 24.4 Å². The van der Waals surface area contributed by atoms with Crippen LogP contribution in [0.15, 0.2) is 42.5 Å². The number of nitro groups is 1. The average Bonchev–Trinajstić information content (AvgIpc) is 2.99. The van der Waals surface area contributed by atoms with Crippen molar-refractivity contribution >= 4 is 35.6 Å². The Morgan fingerprint density at radius 3 is 2.41 bits per heavy atom. The maximum atomic E-state index is 12.9. The number of primary amides is 1. The van der Waals surface area contributed by atoms with Crippen LogP contribution in [0.2, 0.25) is 0 Å². The minimum Gasteiger partial charge on any atom is -0.436 e. The van der Waals surface area contributed by atoms with Gasteiger partial charge in [-0.2, -0.15) is 0 Å². The van der Waals surface area contributed by atoms with Gasteiger partial charge < -0.3 is 35.9 Å². The number of hydrogen-bond acceptors (Lipinski definition) is 10. The van der Waals surface area contributed by atoms with Gasteiger partial charge in [-0.1, -0.05) is 17.9 Å². The molecule has 0 fully saturated rings. The zero-order valence-corrected chi connectivity index (χ0v) is 23.9. The lowest BCUT2D eigenvalue weighted by Gasteiger charge is -2.22. The van der Waals surface area contributed by atoms with Crippen molar-refractivity contribution in [3.8, 4) is 30.4 Å². The number of benzene rings is 2. The van der Waals surface area contributed by atoms with Crippen molar-refractivity contribution in [2.24, 2.45) is 5.73 Å². The van der Waals surface area contributed by atoms with E-state index in [-0.39, 0.29) is 43.6 Å². The van der Waals surface area contributed by atoms with Gasteiger partial charge in [0.05, 0.1) is 24.1 Å². The molecule has 2 rings (SSSR count). The number of likely N-dealkylation sites (N-methyl/N-ethyl adjacent to an activating group) is 1. The van der Waals surface area contributed by atoms with Gasteiger partial charge in [-0.15, -0.1) is 12.8 Å². The Morgan fingerprint density at radius 2 is 1.80 bits per heavy atom. The normalized spacial score (nSPS) is 10.7. The third-order valence-corrected chi connectivity index (χ3v) is 5.88. The second-order valence-electron chi connectivity index (χ2n) is 8.96. The van der Waals surface area contributed by atoms with E-state index in [1.165, 1.54) is 29.2 Å². The van der Waals surface area contributed by atoms with Crippen LogP contribution in [0.25, 0.3) is 0 Å². The van der Waals surface area contributed by atoms with Crippen molar-refractivity contribution in [3.05, 3.63) is 63.7 Å². The van der Waals surface area contributed by atoms with Crippen LogP contribution in [0.4, 0.5) is 25.8 Å². The number of hydrogen-bond donors (Lipinski definition) is 4. The van der Waals surface area contributed by atoms with Crippen LogP contribution in [0.1, 0.15) is 24.0 Å². The van der Waals surface area contributed by atoms with Crippen molar-refractivity contribution < 1.29 is 38.3 Å². The smallest absolute Gasteiger partial charge is 0.436 e. The third-order valence-electron chi connectivity index (χ3n) is 5.88. The predicted molar refractivity (Wildman–Crippen MR) is 158 cm³/mol. The summed E-state index contributed by atoms with van der Waals surface area (Å²) in [7, 11) is 1.62. The largest absolute Gasteiger partial charge is 0.514 e. The van der Waals surface area contributed by atoms with E-state index in [0.29, 0.717) is 36.2 Å². The number of non-ortho nitro benzene ring substituents is 1. The lowest BCUT2D eigenvalue weighted by molar-refractivity contribution is -0.384. The molecule has 232 valence electrons. The summed E-state index contributed by atoms with van der Waals surface area (Å²) in [4.78, 5) is 60.1. The molecule has 0 aromatic heterocycles. The number of nitrogens with one attached hydrogen (secondary N) is 3. The summed E-state index contributed by atoms with van der Waals surface area (Å²) < 4.78 is 15.3. The molecule has 2 aromatic carbocycles. The highest BCUT2D eigenvalue weighted by Gasteiger charge is 2.20. The minimum absolute atomic E-state index is 0.0276. The number of nitrogens with two attached hydrogens (primary N) is 1. The number of amides is 4. The number of nitro benzene ring substituents is 1. The Balaban J connectivity index is 2.22. The topological polar surface area (TPSA) is 204 Å². The summed E-state index contributed by atoms with van der Waals surface area (Å²) in [5.41, 5.74) is 6.14.